The van der Waals surface area contributed by atoms with Gasteiger partial charge in [-0.05, 0) is 71.1 Å². The lowest BCUT2D eigenvalue weighted by Gasteiger charge is -2.30. The molecule has 0 aliphatic carbocycles. The number of hydrogen-bond acceptors (Lipinski definition) is 12. The summed E-state index contributed by atoms with van der Waals surface area (Å²) in [6.07, 6.45) is 1.05. The second kappa shape index (κ2) is 24.2. The van der Waals surface area contributed by atoms with Crippen molar-refractivity contribution in [2.75, 3.05) is 12.0 Å². The van der Waals surface area contributed by atoms with Crippen molar-refractivity contribution < 1.29 is 62.3 Å². The molecule has 2 rings (SSSR count). The molecule has 8 unspecified atom stereocenters. The van der Waals surface area contributed by atoms with Gasteiger partial charge in [0, 0.05) is 41.2 Å². The Labute approximate surface area is 356 Å². The van der Waals surface area contributed by atoms with Crippen molar-refractivity contribution in [3.63, 3.8) is 0 Å². The number of allylic oxidation sites excluding steroid dienone is 2. The maximum Gasteiger partial charge on any atom is 0.329 e. The number of phenols is 1. The Morgan fingerprint density at radius 3 is 2.08 bits per heavy atom. The second-order valence-electron chi connectivity index (χ2n) is 14.7. The number of hydrogen-bond donors (Lipinski definition) is 9. The van der Waals surface area contributed by atoms with Gasteiger partial charge in [0.05, 0.1) is 0 Å². The average molecular weight is 876 g/mol. The molecule has 0 spiro atoms. The lowest BCUT2D eigenvalue weighted by molar-refractivity contribution is -0.156. The van der Waals surface area contributed by atoms with Crippen molar-refractivity contribution in [2.24, 2.45) is 5.92 Å². The van der Waals surface area contributed by atoms with Gasteiger partial charge < -0.3 is 52.2 Å². The maximum atomic E-state index is 14.3. The van der Waals surface area contributed by atoms with Gasteiger partial charge in [0.1, 0.15) is 53.8 Å². The number of rotatable bonds is 15. The van der Waals surface area contributed by atoms with Crippen LogP contribution in [-0.4, -0.2) is 122 Å². The van der Waals surface area contributed by atoms with E-state index in [4.69, 9.17) is 4.74 Å². The molecule has 9 N–H and O–H groups in total. The highest BCUT2D eigenvalue weighted by Gasteiger charge is 2.38. The number of cyclic esters (lactones) is 1. The van der Waals surface area contributed by atoms with Crippen LogP contribution < -0.4 is 37.2 Å². The van der Waals surface area contributed by atoms with Gasteiger partial charge >= 0.3 is 11.9 Å². The number of nitrogens with one attached hydrogen (secondary N) is 7. The predicted molar refractivity (Wildman–Crippen MR) is 221 cm³/mol. The van der Waals surface area contributed by atoms with E-state index in [0.717, 1.165) is 0 Å². The molecular weight excluding hydrogens is 819 g/mol. The molecule has 0 aromatic heterocycles. The van der Waals surface area contributed by atoms with E-state index in [1.165, 1.54) is 57.4 Å². The Kier molecular flexibility index (Phi) is 20.3. The Bertz CT molecular complexity index is 1900. The zero-order valence-electron chi connectivity index (χ0n) is 35.4. The minimum Gasteiger partial charge on any atom is -0.508 e. The van der Waals surface area contributed by atoms with Crippen LogP contribution in [0.5, 0.6) is 5.75 Å². The normalized spacial score (nSPS) is 23.0. The van der Waals surface area contributed by atoms with Crippen molar-refractivity contribution in [3.8, 4) is 5.75 Å². The molecule has 7 amide bonds. The monoisotopic (exact) mass is 875 g/mol. The van der Waals surface area contributed by atoms with Gasteiger partial charge in [-0.15, -0.1) is 0 Å². The van der Waals surface area contributed by atoms with Crippen LogP contribution in [0.4, 0.5) is 0 Å². The summed E-state index contributed by atoms with van der Waals surface area (Å²) in [4.78, 5) is 120. The highest BCUT2D eigenvalue weighted by Crippen LogP contribution is 2.14. The third-order valence-corrected chi connectivity index (χ3v) is 10.3. The SMILES string of the molecule is C/C=C1\NC(=O)C(C)NC(=O)C(NC(=O)C(Cc2ccc(O)cc2)NC(=O)C(NC(=O)/C(C)=C/C)C(C)C)C(C)OC(=O)C(CCS(C)=O)NC(=O)C(CCC(=O)O)NC1=O. The fraction of sp³-hybridized carbons (Fsp3) is 0.525. The van der Waals surface area contributed by atoms with E-state index < -0.39 is 125 Å². The van der Waals surface area contributed by atoms with Gasteiger partial charge in [-0.1, -0.05) is 38.1 Å². The zero-order valence-corrected chi connectivity index (χ0v) is 36.2. The third-order valence-electron chi connectivity index (χ3n) is 9.49. The van der Waals surface area contributed by atoms with E-state index in [0.29, 0.717) is 11.1 Å². The van der Waals surface area contributed by atoms with Gasteiger partial charge in [-0.25, -0.2) is 4.79 Å². The Balaban J connectivity index is 2.65. The smallest absolute Gasteiger partial charge is 0.329 e. The van der Waals surface area contributed by atoms with Crippen LogP contribution in [0.15, 0.2) is 47.7 Å². The van der Waals surface area contributed by atoms with E-state index in [9.17, 15) is 57.6 Å². The number of carboxylic acids is 1. The summed E-state index contributed by atoms with van der Waals surface area (Å²) >= 11 is 0. The molecule has 1 saturated heterocycles. The minimum atomic E-state index is -1.79. The standard InChI is InChI=1S/C40H57N7O13S/c1-9-21(5)33(51)46-31(20(3)4)38(56)45-29(19-24-11-13-25(48)14-12-24)37(55)47-32-23(7)60-40(58)28(17-18-61(8)59)44-36(54)27(15-16-30(49)50)43-35(53)26(10-2)42-34(52)22(6)41-39(32)57/h9-14,20,22-23,27-29,31-32,48H,15-19H2,1-8H3,(H,41,57)(H,42,52)(H,43,53)(H,44,54)(H,45,56)(H,46,51)(H,47,55)(H,49,50)/b21-9+,26-10-. The highest BCUT2D eigenvalue weighted by molar-refractivity contribution is 7.84. The molecular formula is C40H57N7O13S. The van der Waals surface area contributed by atoms with Crippen LogP contribution in [0.2, 0.25) is 0 Å². The molecule has 1 heterocycles. The first-order valence-corrected chi connectivity index (χ1v) is 21.2. The first-order valence-electron chi connectivity index (χ1n) is 19.5. The number of benzene rings is 1. The zero-order chi connectivity index (χ0) is 46.1. The number of carboxylic acid groups (broad SMARTS) is 1. The van der Waals surface area contributed by atoms with Gasteiger partial charge in [-0.3, -0.25) is 42.6 Å². The Morgan fingerprint density at radius 2 is 1.52 bits per heavy atom. The second-order valence-corrected chi connectivity index (χ2v) is 16.3. The average Bonchev–Trinajstić information content (AvgIpc) is 3.19. The fourth-order valence-corrected chi connectivity index (χ4v) is 6.26. The van der Waals surface area contributed by atoms with Crippen LogP contribution in [0.1, 0.15) is 73.3 Å². The molecule has 0 bridgehead atoms. The molecule has 0 saturated carbocycles. The van der Waals surface area contributed by atoms with Gasteiger partial charge in [0.2, 0.25) is 35.4 Å². The van der Waals surface area contributed by atoms with Gasteiger partial charge in [-0.2, -0.15) is 0 Å². The molecule has 61 heavy (non-hydrogen) atoms. The largest absolute Gasteiger partial charge is 0.508 e. The number of carbonyl (C=O) groups excluding carboxylic acids is 8. The lowest BCUT2D eigenvalue weighted by atomic mass is 10.00. The van der Waals surface area contributed by atoms with Crippen molar-refractivity contribution in [3.05, 3.63) is 53.3 Å². The molecule has 1 aromatic rings. The Hall–Kier alpha value is -6.12. The summed E-state index contributed by atoms with van der Waals surface area (Å²) in [7, 11) is -1.48. The number of aromatic hydroxyl groups is 1. The fourth-order valence-electron chi connectivity index (χ4n) is 5.69. The summed E-state index contributed by atoms with van der Waals surface area (Å²) in [6, 6.07) is -3.18. The summed E-state index contributed by atoms with van der Waals surface area (Å²) < 4.78 is 17.7. The first kappa shape index (κ1) is 51.0. The number of ether oxygens (including phenoxy) is 1. The molecule has 20 nitrogen and oxygen atoms in total. The summed E-state index contributed by atoms with van der Waals surface area (Å²) in [5.41, 5.74) is 0.423. The van der Waals surface area contributed by atoms with Crippen LogP contribution in [0.25, 0.3) is 0 Å². The third kappa shape index (κ3) is 16.5. The number of carbonyl (C=O) groups is 9. The predicted octanol–water partition coefficient (Wildman–Crippen LogP) is -0.916. The van der Waals surface area contributed by atoms with Crippen molar-refractivity contribution in [2.45, 2.75) is 117 Å². The molecule has 21 heteroatoms. The van der Waals surface area contributed by atoms with Crippen LogP contribution >= 0.6 is 0 Å². The molecule has 336 valence electrons. The number of aliphatic carboxylic acids is 1. The van der Waals surface area contributed by atoms with Gasteiger partial charge in [0.15, 0.2) is 0 Å². The number of amides is 7. The molecule has 1 fully saturated rings. The minimum absolute atomic E-state index is 0.0788. The molecule has 1 aromatic carbocycles. The molecule has 8 atom stereocenters. The lowest BCUT2D eigenvalue weighted by Crippen LogP contribution is -2.62. The quantitative estimate of drug-likeness (QED) is 0.0763. The topological polar surface area (TPSA) is 305 Å². The van der Waals surface area contributed by atoms with Crippen LogP contribution in [0.3, 0.4) is 0 Å². The van der Waals surface area contributed by atoms with Crippen LogP contribution in [0, 0.1) is 5.92 Å². The highest BCUT2D eigenvalue weighted by atomic mass is 32.2. The van der Waals surface area contributed by atoms with E-state index in [1.54, 1.807) is 33.8 Å². The number of phenolic OH excluding ortho intramolecular Hbond substituents is 1. The van der Waals surface area contributed by atoms with Crippen LogP contribution in [-0.2, 0) is 65.1 Å². The van der Waals surface area contributed by atoms with E-state index in [1.807, 2.05) is 0 Å². The molecule has 0 radical (unpaired) electrons. The van der Waals surface area contributed by atoms with E-state index in [-0.39, 0.29) is 30.0 Å². The first-order chi connectivity index (χ1) is 28.6. The molecule has 1 aliphatic heterocycles. The van der Waals surface area contributed by atoms with E-state index >= 15 is 0 Å². The maximum absolute atomic E-state index is 14.3. The Morgan fingerprint density at radius 1 is 0.885 bits per heavy atom. The van der Waals surface area contributed by atoms with Crippen molar-refractivity contribution >= 4 is 64.1 Å². The van der Waals surface area contributed by atoms with Gasteiger partial charge in [0.25, 0.3) is 5.91 Å². The summed E-state index contributed by atoms with van der Waals surface area (Å²) in [6.45, 7) is 10.4. The number of esters is 1. The van der Waals surface area contributed by atoms with Crippen molar-refractivity contribution in [1.82, 2.24) is 37.2 Å². The molecule has 1 aliphatic rings. The van der Waals surface area contributed by atoms with E-state index in [2.05, 4.69) is 37.2 Å². The summed E-state index contributed by atoms with van der Waals surface area (Å²) in [5, 5.41) is 36.5. The summed E-state index contributed by atoms with van der Waals surface area (Å²) in [5.74, 6) is -9.37. The van der Waals surface area contributed by atoms with Crippen molar-refractivity contribution in [1.29, 1.82) is 0 Å².